The van der Waals surface area contributed by atoms with Crippen molar-refractivity contribution in [2.75, 3.05) is 0 Å². The largest absolute Gasteiger partial charge is 0.425 e. The molecule has 2 rings (SSSR count). The Balaban J connectivity index is 2.71. The minimum atomic E-state index is -7.25. The highest BCUT2D eigenvalue weighted by atomic mass is 32.2. The number of hydrogen-bond donors (Lipinski definition) is 1. The van der Waals surface area contributed by atoms with Crippen molar-refractivity contribution in [3.63, 3.8) is 0 Å². The average Bonchev–Trinajstić information content (AvgIpc) is 2.83. The summed E-state index contributed by atoms with van der Waals surface area (Å²) in [6, 6.07) is 0. The molecule has 2 bridgehead atoms. The van der Waals surface area contributed by atoms with E-state index in [1.165, 1.54) is 0 Å². The van der Waals surface area contributed by atoms with Gasteiger partial charge in [-0.15, -0.1) is 0 Å². The van der Waals surface area contributed by atoms with E-state index in [0.717, 1.165) is 0 Å². The molecule has 0 amide bonds. The smallest absolute Gasteiger partial charge is 0.284 e. The van der Waals surface area contributed by atoms with Crippen molar-refractivity contribution < 1.29 is 48.1 Å². The maximum Gasteiger partial charge on any atom is 0.425 e. The number of alkyl halides is 8. The molecule has 3 atom stereocenters. The summed E-state index contributed by atoms with van der Waals surface area (Å²) in [6.07, 6.45) is -14.1. The Morgan fingerprint density at radius 2 is 1.30 bits per heavy atom. The van der Waals surface area contributed by atoms with Gasteiger partial charge in [-0.25, -0.2) is 8.78 Å². The van der Waals surface area contributed by atoms with Crippen LogP contribution in [0.3, 0.4) is 0 Å². The van der Waals surface area contributed by atoms with Crippen LogP contribution in [0.5, 0.6) is 0 Å². The van der Waals surface area contributed by atoms with Gasteiger partial charge in [0.1, 0.15) is 0 Å². The molecule has 2 saturated carbocycles. The van der Waals surface area contributed by atoms with Crippen LogP contribution in [-0.2, 0) is 10.1 Å². The van der Waals surface area contributed by atoms with E-state index in [0.29, 0.717) is 6.42 Å². The number of hydrogen-bond acceptors (Lipinski definition) is 2. The predicted octanol–water partition coefficient (Wildman–Crippen LogP) is 3.81. The zero-order valence-corrected chi connectivity index (χ0v) is 12.1. The van der Waals surface area contributed by atoms with Crippen molar-refractivity contribution >= 4 is 10.1 Å². The molecule has 0 radical (unpaired) electrons. The molecule has 12 heteroatoms. The molecule has 0 spiro atoms. The number of rotatable bonds is 3. The molecule has 3 nitrogen and oxygen atoms in total. The van der Waals surface area contributed by atoms with Crippen molar-refractivity contribution in [2.45, 2.75) is 48.7 Å². The lowest BCUT2D eigenvalue weighted by Gasteiger charge is -2.44. The van der Waals surface area contributed by atoms with Crippen LogP contribution in [0.4, 0.5) is 35.1 Å². The van der Waals surface area contributed by atoms with Gasteiger partial charge in [0, 0.05) is 5.92 Å². The second kappa shape index (κ2) is 4.93. The van der Waals surface area contributed by atoms with Crippen molar-refractivity contribution in [3.8, 4) is 0 Å². The quantitative estimate of drug-likeness (QED) is 0.602. The Hall–Kier alpha value is -0.650. The van der Waals surface area contributed by atoms with Gasteiger partial charge >= 0.3 is 17.1 Å². The lowest BCUT2D eigenvalue weighted by Crippen LogP contribution is -2.73. The summed E-state index contributed by atoms with van der Waals surface area (Å²) >= 11 is 0. The van der Waals surface area contributed by atoms with Gasteiger partial charge < -0.3 is 0 Å². The molecule has 0 saturated heterocycles. The maximum absolute atomic E-state index is 14.4. The van der Waals surface area contributed by atoms with Gasteiger partial charge in [0.2, 0.25) is 0 Å². The first-order chi connectivity index (χ1) is 10.1. The Morgan fingerprint density at radius 1 is 0.826 bits per heavy atom. The molecule has 1 N–H and O–H groups in total. The summed E-state index contributed by atoms with van der Waals surface area (Å²) in [5.41, 5.74) is 0. The lowest BCUT2D eigenvalue weighted by molar-refractivity contribution is -0.332. The van der Waals surface area contributed by atoms with Crippen molar-refractivity contribution in [3.05, 3.63) is 0 Å². The lowest BCUT2D eigenvalue weighted by atomic mass is 9.77. The fourth-order valence-electron chi connectivity index (χ4n) is 3.95. The molecule has 0 aromatic carbocycles. The first-order valence-corrected chi connectivity index (χ1v) is 7.99. The van der Waals surface area contributed by atoms with Crippen LogP contribution >= 0.6 is 0 Å². The van der Waals surface area contributed by atoms with Crippen LogP contribution in [0.25, 0.3) is 0 Å². The highest BCUT2D eigenvalue weighted by molar-refractivity contribution is 7.87. The van der Waals surface area contributed by atoms with Crippen LogP contribution in [-0.4, -0.2) is 36.0 Å². The third-order valence-corrected chi connectivity index (χ3v) is 6.37. The van der Waals surface area contributed by atoms with E-state index in [1.807, 2.05) is 0 Å². The van der Waals surface area contributed by atoms with Crippen molar-refractivity contribution in [1.29, 1.82) is 0 Å². The number of halogens is 8. The first kappa shape index (κ1) is 18.7. The number of fused-ring (bicyclic) bond motifs is 2. The van der Waals surface area contributed by atoms with Gasteiger partial charge in [0.05, 0.1) is 0 Å². The van der Waals surface area contributed by atoms with Crippen LogP contribution in [0.2, 0.25) is 0 Å². The van der Waals surface area contributed by atoms with E-state index in [-0.39, 0.29) is 12.8 Å². The van der Waals surface area contributed by atoms with E-state index in [9.17, 15) is 43.5 Å². The van der Waals surface area contributed by atoms with Crippen LogP contribution in [0.1, 0.15) is 25.7 Å². The Labute approximate surface area is 125 Å². The topological polar surface area (TPSA) is 54.4 Å². The van der Waals surface area contributed by atoms with Crippen LogP contribution < -0.4 is 0 Å². The predicted molar refractivity (Wildman–Crippen MR) is 60.3 cm³/mol. The van der Waals surface area contributed by atoms with Gasteiger partial charge in [-0.05, 0) is 31.1 Å². The molecular weight excluding hydrogens is 364 g/mol. The molecule has 0 aromatic heterocycles. The zero-order chi connectivity index (χ0) is 18.1. The third-order valence-electron chi connectivity index (χ3n) is 4.86. The molecule has 2 fully saturated rings. The van der Waals surface area contributed by atoms with Crippen LogP contribution in [0.15, 0.2) is 0 Å². The molecule has 2 aliphatic carbocycles. The van der Waals surface area contributed by atoms with Crippen LogP contribution in [0, 0.1) is 17.8 Å². The van der Waals surface area contributed by atoms with E-state index < -0.39 is 57.3 Å². The average molecular weight is 376 g/mol. The van der Waals surface area contributed by atoms with E-state index in [2.05, 4.69) is 0 Å². The normalized spacial score (nSPS) is 30.0. The monoisotopic (exact) mass is 376 g/mol. The summed E-state index contributed by atoms with van der Waals surface area (Å²) in [5.74, 6) is -9.75. The third kappa shape index (κ3) is 2.35. The maximum atomic E-state index is 14.4. The van der Waals surface area contributed by atoms with Crippen molar-refractivity contribution in [1.82, 2.24) is 0 Å². The summed E-state index contributed by atoms with van der Waals surface area (Å²) in [7, 11) is -7.25. The second-order valence-electron chi connectivity index (χ2n) is 6.06. The summed E-state index contributed by atoms with van der Waals surface area (Å²) in [4.78, 5) is 0. The van der Waals surface area contributed by atoms with Gasteiger partial charge in [-0.1, -0.05) is 6.42 Å². The molecule has 136 valence electrons. The molecule has 0 heterocycles. The summed E-state index contributed by atoms with van der Waals surface area (Å²) < 4.78 is 131. The Bertz CT molecular complexity index is 565. The Morgan fingerprint density at radius 3 is 1.57 bits per heavy atom. The SMILES string of the molecule is O=S(=O)(O)C(C(F)(F)F)(C(F)(F)F)C(F)(F)C1CC2CCC1C2. The highest BCUT2D eigenvalue weighted by Crippen LogP contribution is 2.64. The molecular formula is C11H12F8O3S. The molecule has 0 aliphatic heterocycles. The minimum absolute atomic E-state index is 0.00218. The van der Waals surface area contributed by atoms with Gasteiger partial charge in [0.25, 0.3) is 16.0 Å². The van der Waals surface area contributed by atoms with E-state index >= 15 is 0 Å². The minimum Gasteiger partial charge on any atom is -0.284 e. The van der Waals surface area contributed by atoms with Gasteiger partial charge in [-0.3, -0.25) is 4.55 Å². The standard InChI is InChI=1S/C11H12F8O3S/c12-8(13,7-4-5-1-2-6(7)3-5)9(10(14,15)16,11(17,18)19)23(20,21)22/h5-7H,1-4H2,(H,20,21,22). The first-order valence-electron chi connectivity index (χ1n) is 6.55. The summed E-state index contributed by atoms with van der Waals surface area (Å²) in [5, 5.41) is 0. The molecule has 0 aromatic rings. The Kier molecular flexibility index (Phi) is 4.00. The van der Waals surface area contributed by atoms with E-state index in [4.69, 9.17) is 4.55 Å². The molecule has 2 aliphatic rings. The fourth-order valence-corrected chi connectivity index (χ4v) is 5.03. The second-order valence-corrected chi connectivity index (χ2v) is 7.62. The summed E-state index contributed by atoms with van der Waals surface area (Å²) in [6.45, 7) is 0. The zero-order valence-electron chi connectivity index (χ0n) is 11.3. The molecule has 3 unspecified atom stereocenters. The fraction of sp³-hybridized carbons (Fsp3) is 1.00. The van der Waals surface area contributed by atoms with E-state index in [1.54, 1.807) is 0 Å². The molecule has 23 heavy (non-hydrogen) atoms. The highest BCUT2D eigenvalue weighted by Gasteiger charge is 2.91. The van der Waals surface area contributed by atoms with Gasteiger partial charge in [-0.2, -0.15) is 34.8 Å². The van der Waals surface area contributed by atoms with Crippen molar-refractivity contribution in [2.24, 2.45) is 17.8 Å². The van der Waals surface area contributed by atoms with Gasteiger partial charge in [0.15, 0.2) is 0 Å².